The summed E-state index contributed by atoms with van der Waals surface area (Å²) in [6, 6.07) is 2.26. The smallest absolute Gasteiger partial charge is 0.194 e. The van der Waals surface area contributed by atoms with Crippen LogP contribution >= 0.6 is 11.3 Å². The number of nitrogens with zero attached hydrogens (tertiary/aromatic N) is 3. The number of aromatic nitrogens is 2. The molecule has 0 spiro atoms. The Hall–Kier alpha value is -1.34. The predicted molar refractivity (Wildman–Crippen MR) is 70.6 cm³/mol. The molecule has 2 aromatic rings. The lowest BCUT2D eigenvalue weighted by Gasteiger charge is -2.07. The highest BCUT2D eigenvalue weighted by molar-refractivity contribution is 7.15. The minimum absolute atomic E-state index is 0.366. The zero-order valence-corrected chi connectivity index (χ0v) is 11.5. The quantitative estimate of drug-likeness (QED) is 0.829. The Balaban J connectivity index is 2.71. The average molecular weight is 247 g/mol. The van der Waals surface area contributed by atoms with Crippen molar-refractivity contribution in [2.75, 3.05) is 0 Å². The molecular weight excluding hydrogens is 230 g/mol. The Bertz CT molecular complexity index is 569. The lowest BCUT2D eigenvalue weighted by atomic mass is 10.1. The monoisotopic (exact) mass is 247 g/mol. The second-order valence-corrected chi connectivity index (χ2v) is 5.70. The van der Waals surface area contributed by atoms with Gasteiger partial charge in [0.2, 0.25) is 0 Å². The zero-order chi connectivity index (χ0) is 12.6. The van der Waals surface area contributed by atoms with Gasteiger partial charge in [0.25, 0.3) is 0 Å². The van der Waals surface area contributed by atoms with E-state index in [4.69, 9.17) is 5.26 Å². The van der Waals surface area contributed by atoms with Crippen LogP contribution in [0.2, 0.25) is 0 Å². The van der Waals surface area contributed by atoms with Crippen LogP contribution in [0.4, 0.5) is 0 Å². The average Bonchev–Trinajstić information content (AvgIpc) is 2.78. The van der Waals surface area contributed by atoms with Gasteiger partial charge in [0.05, 0.1) is 23.9 Å². The van der Waals surface area contributed by atoms with Crippen LogP contribution < -0.4 is 0 Å². The summed E-state index contributed by atoms with van der Waals surface area (Å²) in [7, 11) is 0. The lowest BCUT2D eigenvalue weighted by molar-refractivity contribution is 0.779. The first kappa shape index (κ1) is 12.1. The van der Waals surface area contributed by atoms with Crippen LogP contribution in [-0.2, 0) is 6.42 Å². The Labute approximate surface area is 106 Å². The van der Waals surface area contributed by atoms with Crippen LogP contribution in [0.1, 0.15) is 56.6 Å². The number of hydrogen-bond acceptors (Lipinski definition) is 3. The topological polar surface area (TPSA) is 41.1 Å². The molecule has 0 atom stereocenters. The van der Waals surface area contributed by atoms with Crippen LogP contribution in [0.5, 0.6) is 0 Å². The van der Waals surface area contributed by atoms with Gasteiger partial charge in [0.15, 0.2) is 4.96 Å². The van der Waals surface area contributed by atoms with E-state index in [1.165, 1.54) is 5.69 Å². The van der Waals surface area contributed by atoms with Crippen molar-refractivity contribution in [3.8, 4) is 6.07 Å². The summed E-state index contributed by atoms with van der Waals surface area (Å²) in [5, 5.41) is 11.1. The molecule has 90 valence electrons. The van der Waals surface area contributed by atoms with Crippen molar-refractivity contribution in [3.05, 3.63) is 22.5 Å². The van der Waals surface area contributed by atoms with E-state index in [-0.39, 0.29) is 0 Å². The Morgan fingerprint density at radius 3 is 2.59 bits per heavy atom. The van der Waals surface area contributed by atoms with Crippen LogP contribution in [0.15, 0.2) is 5.38 Å². The Morgan fingerprint density at radius 2 is 2.06 bits per heavy atom. The summed E-state index contributed by atoms with van der Waals surface area (Å²) >= 11 is 1.66. The molecule has 17 heavy (non-hydrogen) atoms. The van der Waals surface area contributed by atoms with E-state index < -0.39 is 0 Å². The van der Waals surface area contributed by atoms with E-state index in [1.807, 2.05) is 0 Å². The highest BCUT2D eigenvalue weighted by Gasteiger charge is 2.19. The summed E-state index contributed by atoms with van der Waals surface area (Å²) in [6.07, 6.45) is 0.436. The van der Waals surface area contributed by atoms with Crippen molar-refractivity contribution in [1.29, 1.82) is 5.26 Å². The molecule has 0 N–H and O–H groups in total. The fourth-order valence-electron chi connectivity index (χ4n) is 2.06. The van der Waals surface area contributed by atoms with Gasteiger partial charge in [-0.3, -0.25) is 4.40 Å². The molecule has 0 saturated heterocycles. The molecule has 0 saturated carbocycles. The number of hydrogen-bond donors (Lipinski definition) is 0. The minimum atomic E-state index is 0.366. The van der Waals surface area contributed by atoms with E-state index in [1.54, 1.807) is 11.3 Å². The van der Waals surface area contributed by atoms with Crippen LogP contribution in [0.25, 0.3) is 4.96 Å². The van der Waals surface area contributed by atoms with E-state index in [9.17, 15) is 0 Å². The first-order valence-corrected chi connectivity index (χ1v) is 6.79. The highest BCUT2D eigenvalue weighted by atomic mass is 32.1. The summed E-state index contributed by atoms with van der Waals surface area (Å²) < 4.78 is 2.17. The summed E-state index contributed by atoms with van der Waals surface area (Å²) in [6.45, 7) is 8.60. The molecule has 0 radical (unpaired) electrons. The Kier molecular flexibility index (Phi) is 3.21. The van der Waals surface area contributed by atoms with Gasteiger partial charge in [-0.25, -0.2) is 4.98 Å². The van der Waals surface area contributed by atoms with Crippen molar-refractivity contribution < 1.29 is 0 Å². The van der Waals surface area contributed by atoms with Crippen molar-refractivity contribution in [3.63, 3.8) is 0 Å². The predicted octanol–water partition coefficient (Wildman–Crippen LogP) is 3.71. The van der Waals surface area contributed by atoms with Crippen LogP contribution in [-0.4, -0.2) is 9.38 Å². The molecule has 0 fully saturated rings. The van der Waals surface area contributed by atoms with E-state index in [0.29, 0.717) is 18.3 Å². The maximum Gasteiger partial charge on any atom is 0.194 e. The van der Waals surface area contributed by atoms with Gasteiger partial charge >= 0.3 is 0 Å². The summed E-state index contributed by atoms with van der Waals surface area (Å²) in [5.74, 6) is 0.820. The first-order chi connectivity index (χ1) is 8.06. The largest absolute Gasteiger partial charge is 0.290 e. The third kappa shape index (κ3) is 1.96. The highest BCUT2D eigenvalue weighted by Crippen LogP contribution is 2.29. The maximum atomic E-state index is 8.98. The maximum absolute atomic E-state index is 8.98. The standard InChI is InChI=1S/C13H17N3S/c1-8(2)11-7-17-13-15-12(9(3)4)10(5-6-14)16(11)13/h7-9H,5H2,1-4H3. The number of rotatable bonds is 3. The SMILES string of the molecule is CC(C)c1nc2scc(C(C)C)n2c1CC#N. The van der Waals surface area contributed by atoms with Gasteiger partial charge in [-0.1, -0.05) is 27.7 Å². The third-order valence-electron chi connectivity index (χ3n) is 2.90. The fourth-order valence-corrected chi connectivity index (χ4v) is 3.14. The molecule has 0 aliphatic rings. The number of nitriles is 1. The Morgan fingerprint density at radius 1 is 1.35 bits per heavy atom. The van der Waals surface area contributed by atoms with Gasteiger partial charge in [-0.2, -0.15) is 5.26 Å². The molecule has 2 heterocycles. The van der Waals surface area contributed by atoms with Crippen LogP contribution in [0, 0.1) is 11.3 Å². The normalized spacial score (nSPS) is 11.6. The van der Waals surface area contributed by atoms with E-state index >= 15 is 0 Å². The molecular formula is C13H17N3S. The summed E-state index contributed by atoms with van der Waals surface area (Å²) in [4.78, 5) is 5.68. The molecule has 0 aliphatic heterocycles. The van der Waals surface area contributed by atoms with E-state index in [2.05, 4.69) is 48.5 Å². The molecule has 0 aliphatic carbocycles. The molecule has 2 aromatic heterocycles. The second kappa shape index (κ2) is 4.50. The van der Waals surface area contributed by atoms with Crippen molar-refractivity contribution in [1.82, 2.24) is 9.38 Å². The number of fused-ring (bicyclic) bond motifs is 1. The molecule has 0 unspecified atom stereocenters. The van der Waals surface area contributed by atoms with Crippen LogP contribution in [0.3, 0.4) is 0 Å². The van der Waals surface area contributed by atoms with Gasteiger partial charge in [-0.05, 0) is 11.8 Å². The molecule has 4 heteroatoms. The van der Waals surface area contributed by atoms with Crippen molar-refractivity contribution in [2.24, 2.45) is 0 Å². The third-order valence-corrected chi connectivity index (χ3v) is 3.75. The minimum Gasteiger partial charge on any atom is -0.290 e. The molecule has 3 nitrogen and oxygen atoms in total. The van der Waals surface area contributed by atoms with Gasteiger partial charge in [0, 0.05) is 11.1 Å². The number of imidazole rings is 1. The van der Waals surface area contributed by atoms with Crippen molar-refractivity contribution >= 4 is 16.3 Å². The zero-order valence-electron chi connectivity index (χ0n) is 10.7. The first-order valence-electron chi connectivity index (χ1n) is 5.91. The fraction of sp³-hybridized carbons (Fsp3) is 0.538. The molecule has 2 rings (SSSR count). The summed E-state index contributed by atoms with van der Waals surface area (Å²) in [5.41, 5.74) is 3.40. The van der Waals surface area contributed by atoms with Gasteiger partial charge < -0.3 is 0 Å². The van der Waals surface area contributed by atoms with Crippen molar-refractivity contribution in [2.45, 2.75) is 46.0 Å². The molecule has 0 bridgehead atoms. The van der Waals surface area contributed by atoms with Gasteiger partial charge in [-0.15, -0.1) is 11.3 Å². The molecule has 0 aromatic carbocycles. The molecule has 0 amide bonds. The number of thiazole rings is 1. The van der Waals surface area contributed by atoms with E-state index in [0.717, 1.165) is 16.3 Å². The van der Waals surface area contributed by atoms with Gasteiger partial charge in [0.1, 0.15) is 0 Å². The second-order valence-electron chi connectivity index (χ2n) is 4.87. The lowest BCUT2D eigenvalue weighted by Crippen LogP contribution is -2.01.